The molecule has 0 bridgehead atoms. The van der Waals surface area contributed by atoms with Gasteiger partial charge in [0.15, 0.2) is 0 Å². The van der Waals surface area contributed by atoms with Gasteiger partial charge in [0.2, 0.25) is 0 Å². The topological polar surface area (TPSA) is 72.5 Å². The molecular formula is C9H8F9NO4S. The lowest BCUT2D eigenvalue weighted by atomic mass is 10.1. The second-order valence-corrected chi connectivity index (χ2v) is 5.78. The molecule has 0 aliphatic heterocycles. The third-order valence-electron chi connectivity index (χ3n) is 2.41. The molecule has 0 saturated carbocycles. The van der Waals surface area contributed by atoms with E-state index in [1.165, 1.54) is 6.92 Å². The van der Waals surface area contributed by atoms with Crippen LogP contribution in [-0.4, -0.2) is 37.7 Å². The summed E-state index contributed by atoms with van der Waals surface area (Å²) in [6.07, 6.45) is -7.40. The van der Waals surface area contributed by atoms with Crippen molar-refractivity contribution in [2.24, 2.45) is 0 Å². The van der Waals surface area contributed by atoms with Crippen molar-refractivity contribution in [2.75, 3.05) is 0 Å². The first-order valence-electron chi connectivity index (χ1n) is 5.47. The third kappa shape index (κ3) is 3.60. The van der Waals surface area contributed by atoms with Crippen LogP contribution in [0.25, 0.3) is 0 Å². The van der Waals surface area contributed by atoms with Gasteiger partial charge < -0.3 is 4.84 Å². The van der Waals surface area contributed by atoms with Gasteiger partial charge in [-0.2, -0.15) is 39.5 Å². The number of rotatable bonds is 7. The summed E-state index contributed by atoms with van der Waals surface area (Å²) < 4.78 is 135. The van der Waals surface area contributed by atoms with Gasteiger partial charge in [-0.25, -0.2) is 13.2 Å². The molecule has 0 aromatic heterocycles. The Balaban J connectivity index is 5.71. The molecule has 0 spiro atoms. The molecule has 0 aliphatic rings. The van der Waals surface area contributed by atoms with Gasteiger partial charge >= 0.3 is 39.3 Å². The van der Waals surface area contributed by atoms with E-state index >= 15 is 0 Å². The standard InChI is InChI=1S/C9H8F9NO4S/c1-3-4(2)5(20)23-19-24(21,22)9(17,18)7(12,13)6(10,11)8(14,15)16/h19H,2-3H2,1H3. The molecule has 0 heterocycles. The average Bonchev–Trinajstić information content (AvgIpc) is 2.41. The van der Waals surface area contributed by atoms with Gasteiger partial charge in [0.1, 0.15) is 0 Å². The highest BCUT2D eigenvalue weighted by Gasteiger charge is 2.85. The number of sulfonamides is 1. The molecule has 0 radical (unpaired) electrons. The van der Waals surface area contributed by atoms with Crippen molar-refractivity contribution in [3.8, 4) is 0 Å². The summed E-state index contributed by atoms with van der Waals surface area (Å²) in [6, 6.07) is 0. The SMILES string of the molecule is C=C(CC)C(=O)ONS(=O)(=O)C(F)(F)C(F)(F)C(F)(F)C(F)(F)F. The molecule has 15 heteroatoms. The Labute approximate surface area is 128 Å². The predicted molar refractivity (Wildman–Crippen MR) is 58.5 cm³/mol. The van der Waals surface area contributed by atoms with E-state index in [0.29, 0.717) is 0 Å². The fourth-order valence-electron chi connectivity index (χ4n) is 0.891. The monoisotopic (exact) mass is 397 g/mol. The highest BCUT2D eigenvalue weighted by Crippen LogP contribution is 2.54. The van der Waals surface area contributed by atoms with Gasteiger partial charge in [0.05, 0.1) is 0 Å². The van der Waals surface area contributed by atoms with Crippen LogP contribution in [0.1, 0.15) is 13.3 Å². The zero-order chi connectivity index (χ0) is 19.8. The van der Waals surface area contributed by atoms with Gasteiger partial charge in [-0.15, -0.1) is 0 Å². The van der Waals surface area contributed by atoms with Crippen LogP contribution < -0.4 is 4.89 Å². The van der Waals surface area contributed by atoms with E-state index in [0.717, 1.165) is 0 Å². The van der Waals surface area contributed by atoms with E-state index in [-0.39, 0.29) is 11.3 Å². The molecule has 0 atom stereocenters. The van der Waals surface area contributed by atoms with Crippen LogP contribution in [0.15, 0.2) is 12.2 Å². The first-order chi connectivity index (χ1) is 10.4. The Hall–Kier alpha value is -1.51. The number of hydrogen-bond donors (Lipinski definition) is 1. The van der Waals surface area contributed by atoms with Crippen LogP contribution >= 0.6 is 0 Å². The van der Waals surface area contributed by atoms with Crippen LogP contribution in [0.5, 0.6) is 0 Å². The molecule has 0 aliphatic carbocycles. The number of hydrogen-bond acceptors (Lipinski definition) is 4. The van der Waals surface area contributed by atoms with Crippen LogP contribution in [-0.2, 0) is 19.7 Å². The number of halogens is 9. The molecule has 5 nitrogen and oxygen atoms in total. The maximum Gasteiger partial charge on any atom is 0.460 e. The van der Waals surface area contributed by atoms with Crippen molar-refractivity contribution in [1.29, 1.82) is 0 Å². The zero-order valence-corrected chi connectivity index (χ0v) is 12.2. The molecule has 142 valence electrons. The van der Waals surface area contributed by atoms with Gasteiger partial charge in [-0.3, -0.25) is 0 Å². The molecule has 0 aromatic rings. The smallest absolute Gasteiger partial charge is 0.351 e. The van der Waals surface area contributed by atoms with Gasteiger partial charge in [0, 0.05) is 5.57 Å². The van der Waals surface area contributed by atoms with E-state index in [1.807, 2.05) is 0 Å². The largest absolute Gasteiger partial charge is 0.460 e. The van der Waals surface area contributed by atoms with Crippen LogP contribution in [0.4, 0.5) is 39.5 Å². The molecule has 0 fully saturated rings. The average molecular weight is 397 g/mol. The van der Waals surface area contributed by atoms with Crippen molar-refractivity contribution in [2.45, 2.75) is 36.6 Å². The summed E-state index contributed by atoms with van der Waals surface area (Å²) in [7, 11) is -7.00. The zero-order valence-electron chi connectivity index (χ0n) is 11.4. The van der Waals surface area contributed by atoms with Gasteiger partial charge in [-0.05, 0) is 11.3 Å². The molecule has 1 N–H and O–H groups in total. The normalized spacial score (nSPS) is 14.4. The maximum absolute atomic E-state index is 13.1. The first-order valence-corrected chi connectivity index (χ1v) is 6.95. The maximum atomic E-state index is 13.1. The van der Waals surface area contributed by atoms with Gasteiger partial charge in [-0.1, -0.05) is 13.5 Å². The van der Waals surface area contributed by atoms with E-state index in [9.17, 15) is 52.7 Å². The first kappa shape index (κ1) is 22.5. The predicted octanol–water partition coefficient (Wildman–Crippen LogP) is 2.76. The van der Waals surface area contributed by atoms with E-state index in [4.69, 9.17) is 0 Å². The minimum absolute atomic E-state index is 0.0751. The molecule has 0 saturated heterocycles. The summed E-state index contributed by atoms with van der Waals surface area (Å²) in [5.41, 5.74) is -0.548. The summed E-state index contributed by atoms with van der Waals surface area (Å²) in [4.78, 5) is 14.4. The minimum Gasteiger partial charge on any atom is -0.351 e. The number of alkyl halides is 9. The van der Waals surface area contributed by atoms with Gasteiger partial charge in [0.25, 0.3) is 0 Å². The minimum atomic E-state index is -7.42. The fraction of sp³-hybridized carbons (Fsp3) is 0.667. The van der Waals surface area contributed by atoms with Crippen LogP contribution in [0, 0.1) is 0 Å². The number of nitrogens with one attached hydrogen (secondary N) is 1. The Kier molecular flexibility index (Phi) is 6.02. The summed E-state index contributed by atoms with van der Waals surface area (Å²) >= 11 is 0. The molecule has 0 rings (SSSR count). The molecule has 0 aromatic carbocycles. The van der Waals surface area contributed by atoms with Crippen LogP contribution in [0.3, 0.4) is 0 Å². The second kappa shape index (κ2) is 6.42. The Morgan fingerprint density at radius 2 is 1.42 bits per heavy atom. The quantitative estimate of drug-likeness (QED) is 0.408. The van der Waals surface area contributed by atoms with Crippen molar-refractivity contribution < 1.29 is 57.6 Å². The highest BCUT2D eigenvalue weighted by molar-refractivity contribution is 7.90. The second-order valence-electron chi connectivity index (χ2n) is 4.10. The summed E-state index contributed by atoms with van der Waals surface area (Å²) in [5.74, 6) is -16.6. The Morgan fingerprint density at radius 3 is 1.75 bits per heavy atom. The highest BCUT2D eigenvalue weighted by atomic mass is 32.2. The lowest BCUT2D eigenvalue weighted by Crippen LogP contribution is -2.65. The lowest BCUT2D eigenvalue weighted by molar-refractivity contribution is -0.382. The van der Waals surface area contributed by atoms with Crippen molar-refractivity contribution in [3.05, 3.63) is 12.2 Å². The fourth-order valence-corrected chi connectivity index (χ4v) is 1.65. The molecular weight excluding hydrogens is 389 g/mol. The number of carbonyl (C=O) groups is 1. The Morgan fingerprint density at radius 1 is 1.00 bits per heavy atom. The number of carbonyl (C=O) groups excluding carboxylic acids is 1. The summed E-state index contributed by atoms with van der Waals surface area (Å²) in [5, 5.41) is -6.99. The third-order valence-corrected chi connectivity index (χ3v) is 3.65. The van der Waals surface area contributed by atoms with E-state index in [1.54, 1.807) is 0 Å². The lowest BCUT2D eigenvalue weighted by Gasteiger charge is -2.32. The molecule has 0 amide bonds. The molecule has 0 unspecified atom stereocenters. The van der Waals surface area contributed by atoms with Crippen molar-refractivity contribution in [1.82, 2.24) is 4.89 Å². The molecule has 24 heavy (non-hydrogen) atoms. The Bertz CT molecular complexity index is 611. The van der Waals surface area contributed by atoms with Crippen LogP contribution in [0.2, 0.25) is 0 Å². The summed E-state index contributed by atoms with van der Waals surface area (Å²) in [6.45, 7) is 4.20. The van der Waals surface area contributed by atoms with Crippen molar-refractivity contribution >= 4 is 16.0 Å². The van der Waals surface area contributed by atoms with E-state index in [2.05, 4.69) is 11.4 Å². The van der Waals surface area contributed by atoms with Crippen molar-refractivity contribution in [3.63, 3.8) is 0 Å². The van der Waals surface area contributed by atoms with E-state index < -0.39 is 44.8 Å².